The molecule has 1 aromatic carbocycles. The molecule has 1 aromatic rings. The van der Waals surface area contributed by atoms with Crippen LogP contribution in [-0.2, 0) is 9.53 Å². The number of hydrogen-bond donors (Lipinski definition) is 2. The fourth-order valence-corrected chi connectivity index (χ4v) is 3.35. The molecular formula is C14H20N2O2S. The maximum absolute atomic E-state index is 11.5. The maximum atomic E-state index is 11.5. The van der Waals surface area contributed by atoms with Crippen molar-refractivity contribution < 1.29 is 9.53 Å². The largest absolute Gasteiger partial charge is 0.381 e. The number of anilines is 2. The summed E-state index contributed by atoms with van der Waals surface area (Å²) in [7, 11) is 1.51. The van der Waals surface area contributed by atoms with Gasteiger partial charge in [-0.05, 0) is 30.4 Å². The number of rotatable bonds is 5. The van der Waals surface area contributed by atoms with E-state index < -0.39 is 0 Å². The van der Waals surface area contributed by atoms with Crippen molar-refractivity contribution in [1.29, 1.82) is 0 Å². The van der Waals surface area contributed by atoms with Gasteiger partial charge in [0.15, 0.2) is 0 Å². The minimum Gasteiger partial charge on any atom is -0.381 e. The minimum atomic E-state index is -0.135. The maximum Gasteiger partial charge on any atom is 0.250 e. The smallest absolute Gasteiger partial charge is 0.250 e. The first-order chi connectivity index (χ1) is 9.19. The van der Waals surface area contributed by atoms with Crippen LogP contribution < -0.4 is 10.6 Å². The zero-order chi connectivity index (χ0) is 13.7. The van der Waals surface area contributed by atoms with Crippen LogP contribution in [0.25, 0.3) is 0 Å². The average Bonchev–Trinajstić information content (AvgIpc) is 2.76. The fourth-order valence-electron chi connectivity index (χ4n) is 2.15. The van der Waals surface area contributed by atoms with Crippen molar-refractivity contribution in [2.75, 3.05) is 30.1 Å². The normalized spacial score (nSPS) is 22.2. The Morgan fingerprint density at radius 2 is 2.26 bits per heavy atom. The summed E-state index contributed by atoms with van der Waals surface area (Å²) in [5, 5.41) is 6.97. The fraction of sp³-hybridized carbons (Fsp3) is 0.500. The lowest BCUT2D eigenvalue weighted by molar-refractivity contribution is -0.119. The summed E-state index contributed by atoms with van der Waals surface area (Å²) in [6.45, 7) is 2.33. The van der Waals surface area contributed by atoms with Crippen LogP contribution in [0, 0.1) is 0 Å². The van der Waals surface area contributed by atoms with E-state index in [0.29, 0.717) is 11.3 Å². The first-order valence-corrected chi connectivity index (χ1v) is 7.51. The molecule has 5 heteroatoms. The van der Waals surface area contributed by atoms with E-state index in [1.807, 2.05) is 36.0 Å². The van der Waals surface area contributed by atoms with Crippen LogP contribution >= 0.6 is 11.8 Å². The molecule has 2 N–H and O–H groups in total. The van der Waals surface area contributed by atoms with Gasteiger partial charge >= 0.3 is 0 Å². The Hall–Kier alpha value is -1.20. The number of benzene rings is 1. The minimum absolute atomic E-state index is 0.0773. The summed E-state index contributed by atoms with van der Waals surface area (Å²) in [5.74, 6) is 1.08. The Kier molecular flexibility index (Phi) is 5.10. The van der Waals surface area contributed by atoms with E-state index in [1.165, 1.54) is 19.3 Å². The third kappa shape index (κ3) is 4.14. The van der Waals surface area contributed by atoms with Crippen molar-refractivity contribution in [3.8, 4) is 0 Å². The van der Waals surface area contributed by atoms with Gasteiger partial charge in [0.25, 0.3) is 0 Å². The monoisotopic (exact) mass is 280 g/mol. The molecule has 1 amide bonds. The molecule has 1 saturated heterocycles. The summed E-state index contributed by atoms with van der Waals surface area (Å²) in [6.07, 6.45) is 1.19. The molecule has 2 atom stereocenters. The van der Waals surface area contributed by atoms with Crippen LogP contribution in [0.3, 0.4) is 0 Å². The van der Waals surface area contributed by atoms with Crippen molar-refractivity contribution in [1.82, 2.24) is 0 Å². The van der Waals surface area contributed by atoms with Gasteiger partial charge in [-0.1, -0.05) is 13.0 Å². The molecule has 1 heterocycles. The molecule has 1 aliphatic heterocycles. The van der Waals surface area contributed by atoms with E-state index >= 15 is 0 Å². The molecule has 0 radical (unpaired) electrons. The van der Waals surface area contributed by atoms with Gasteiger partial charge in [0, 0.05) is 29.8 Å². The highest BCUT2D eigenvalue weighted by molar-refractivity contribution is 8.00. The van der Waals surface area contributed by atoms with Gasteiger partial charge in [-0.2, -0.15) is 11.8 Å². The Morgan fingerprint density at radius 3 is 2.95 bits per heavy atom. The first-order valence-electron chi connectivity index (χ1n) is 6.46. The Morgan fingerprint density at radius 1 is 1.47 bits per heavy atom. The Labute approximate surface area is 118 Å². The van der Waals surface area contributed by atoms with Gasteiger partial charge in [0.2, 0.25) is 5.91 Å². The highest BCUT2D eigenvalue weighted by Crippen LogP contribution is 2.29. The molecule has 2 unspecified atom stereocenters. The third-order valence-electron chi connectivity index (χ3n) is 3.15. The zero-order valence-corrected chi connectivity index (χ0v) is 12.1. The van der Waals surface area contributed by atoms with Crippen LogP contribution in [0.15, 0.2) is 24.3 Å². The topological polar surface area (TPSA) is 50.4 Å². The lowest BCUT2D eigenvalue weighted by Gasteiger charge is -2.18. The second-order valence-corrected chi connectivity index (χ2v) is 6.16. The van der Waals surface area contributed by atoms with Crippen LogP contribution in [0.4, 0.5) is 11.4 Å². The number of ether oxygens (including phenoxy) is 1. The van der Waals surface area contributed by atoms with Crippen molar-refractivity contribution in [3.63, 3.8) is 0 Å². The summed E-state index contributed by atoms with van der Waals surface area (Å²) in [6, 6.07) is 8.32. The van der Waals surface area contributed by atoms with E-state index in [4.69, 9.17) is 4.74 Å². The summed E-state index contributed by atoms with van der Waals surface area (Å²) >= 11 is 2.00. The second kappa shape index (κ2) is 6.82. The number of hydrogen-bond acceptors (Lipinski definition) is 4. The molecule has 4 nitrogen and oxygen atoms in total. The van der Waals surface area contributed by atoms with E-state index in [-0.39, 0.29) is 12.5 Å². The molecule has 19 heavy (non-hydrogen) atoms. The van der Waals surface area contributed by atoms with Crippen molar-refractivity contribution in [3.05, 3.63) is 24.3 Å². The summed E-state index contributed by atoms with van der Waals surface area (Å²) in [5.41, 5.74) is 1.85. The average molecular weight is 280 g/mol. The Bertz CT molecular complexity index is 439. The molecule has 1 aliphatic rings. The molecule has 0 spiro atoms. The predicted molar refractivity (Wildman–Crippen MR) is 80.9 cm³/mol. The molecule has 1 fully saturated rings. The molecule has 0 aliphatic carbocycles. The van der Waals surface area contributed by atoms with Crippen molar-refractivity contribution >= 4 is 29.0 Å². The van der Waals surface area contributed by atoms with Crippen LogP contribution in [-0.4, -0.2) is 36.7 Å². The standard InChI is InChI=1S/C14H20N2O2S/c1-10-13(6-7-19-10)15-11-4-3-5-12(8-11)16-14(17)9-18-2/h3-5,8,10,13,15H,6-7,9H2,1-2H3,(H,16,17). The molecule has 2 rings (SSSR count). The van der Waals surface area contributed by atoms with Gasteiger partial charge in [0.1, 0.15) is 6.61 Å². The van der Waals surface area contributed by atoms with Crippen LogP contribution in [0.1, 0.15) is 13.3 Å². The number of nitrogens with one attached hydrogen (secondary N) is 2. The molecule has 0 saturated carbocycles. The molecule has 104 valence electrons. The summed E-state index contributed by atoms with van der Waals surface area (Å²) < 4.78 is 4.80. The van der Waals surface area contributed by atoms with E-state index in [2.05, 4.69) is 17.6 Å². The molecule has 0 bridgehead atoms. The van der Waals surface area contributed by atoms with Gasteiger partial charge in [-0.25, -0.2) is 0 Å². The van der Waals surface area contributed by atoms with Gasteiger partial charge < -0.3 is 15.4 Å². The molecular weight excluding hydrogens is 260 g/mol. The SMILES string of the molecule is COCC(=O)Nc1cccc(NC2CCSC2C)c1. The number of amides is 1. The first kappa shape index (κ1) is 14.2. The van der Waals surface area contributed by atoms with E-state index in [1.54, 1.807) is 0 Å². The number of thioether (sulfide) groups is 1. The second-order valence-electron chi connectivity index (χ2n) is 4.68. The third-order valence-corrected chi connectivity index (χ3v) is 4.48. The highest BCUT2D eigenvalue weighted by Gasteiger charge is 2.23. The quantitative estimate of drug-likeness (QED) is 0.870. The van der Waals surface area contributed by atoms with Crippen LogP contribution in [0.2, 0.25) is 0 Å². The number of carbonyl (C=O) groups excluding carboxylic acids is 1. The number of methoxy groups -OCH3 is 1. The lowest BCUT2D eigenvalue weighted by Crippen LogP contribution is -2.24. The van der Waals surface area contributed by atoms with Crippen molar-refractivity contribution in [2.45, 2.75) is 24.6 Å². The van der Waals surface area contributed by atoms with Crippen LogP contribution in [0.5, 0.6) is 0 Å². The van der Waals surface area contributed by atoms with E-state index in [0.717, 1.165) is 11.4 Å². The summed E-state index contributed by atoms with van der Waals surface area (Å²) in [4.78, 5) is 11.5. The predicted octanol–water partition coefficient (Wildman–Crippen LogP) is 2.58. The van der Waals surface area contributed by atoms with Crippen molar-refractivity contribution in [2.24, 2.45) is 0 Å². The Balaban J connectivity index is 1.96. The van der Waals surface area contributed by atoms with Gasteiger partial charge in [0.05, 0.1) is 0 Å². The number of carbonyl (C=O) groups is 1. The van der Waals surface area contributed by atoms with Gasteiger partial charge in [-0.3, -0.25) is 4.79 Å². The zero-order valence-electron chi connectivity index (χ0n) is 11.3. The van der Waals surface area contributed by atoms with Gasteiger partial charge in [-0.15, -0.1) is 0 Å². The lowest BCUT2D eigenvalue weighted by atomic mass is 10.1. The van der Waals surface area contributed by atoms with E-state index in [9.17, 15) is 4.79 Å². The molecule has 0 aromatic heterocycles. The highest BCUT2D eigenvalue weighted by atomic mass is 32.2.